The van der Waals surface area contributed by atoms with Gasteiger partial charge < -0.3 is 5.11 Å². The molecule has 0 bridgehead atoms. The van der Waals surface area contributed by atoms with Gasteiger partial charge in [-0.3, -0.25) is 9.67 Å². The van der Waals surface area contributed by atoms with Gasteiger partial charge in [0.25, 0.3) is 0 Å². The van der Waals surface area contributed by atoms with Gasteiger partial charge in [-0.15, -0.1) is 0 Å². The maximum absolute atomic E-state index is 10.0. The molecule has 0 aliphatic carbocycles. The first-order valence-electron chi connectivity index (χ1n) is 4.45. The Morgan fingerprint density at radius 2 is 2.33 bits per heavy atom. The van der Waals surface area contributed by atoms with Gasteiger partial charge in [0.2, 0.25) is 0 Å². The standard InChI is InChI=1S/C10H10BrN3O/c1-14-6-7(5-13-14)10(15)9-8(11)3-2-4-12-9/h2-6,10,15H,1H3. The zero-order chi connectivity index (χ0) is 10.8. The van der Waals surface area contributed by atoms with E-state index in [0.717, 1.165) is 10.0 Å². The highest BCUT2D eigenvalue weighted by atomic mass is 79.9. The van der Waals surface area contributed by atoms with Gasteiger partial charge in [-0.2, -0.15) is 5.10 Å². The molecule has 1 atom stereocenters. The molecular formula is C10H10BrN3O. The quantitative estimate of drug-likeness (QED) is 0.901. The molecule has 0 saturated carbocycles. The molecule has 1 N–H and O–H groups in total. The van der Waals surface area contributed by atoms with Crippen LogP contribution in [0.15, 0.2) is 35.2 Å². The summed E-state index contributed by atoms with van der Waals surface area (Å²) in [6, 6.07) is 3.66. The summed E-state index contributed by atoms with van der Waals surface area (Å²) in [5, 5.41) is 14.0. The van der Waals surface area contributed by atoms with Crippen molar-refractivity contribution in [1.82, 2.24) is 14.8 Å². The molecule has 4 nitrogen and oxygen atoms in total. The predicted octanol–water partition coefficient (Wildman–Crippen LogP) is 1.66. The normalized spacial score (nSPS) is 12.7. The molecule has 2 heterocycles. The molecule has 0 amide bonds. The molecule has 15 heavy (non-hydrogen) atoms. The Bertz CT molecular complexity index is 469. The number of aryl methyl sites for hydroxylation is 1. The summed E-state index contributed by atoms with van der Waals surface area (Å²) in [6.07, 6.45) is 4.31. The Labute approximate surface area is 95.7 Å². The third-order valence-electron chi connectivity index (χ3n) is 2.09. The van der Waals surface area contributed by atoms with Crippen molar-refractivity contribution in [3.8, 4) is 0 Å². The number of nitrogens with zero attached hydrogens (tertiary/aromatic N) is 3. The highest BCUT2D eigenvalue weighted by Crippen LogP contribution is 2.25. The molecule has 0 radical (unpaired) electrons. The molecule has 2 aromatic heterocycles. The van der Waals surface area contributed by atoms with Crippen LogP contribution in [0, 0.1) is 0 Å². The van der Waals surface area contributed by atoms with Crippen LogP contribution in [0.4, 0.5) is 0 Å². The van der Waals surface area contributed by atoms with Crippen molar-refractivity contribution < 1.29 is 5.11 Å². The first-order chi connectivity index (χ1) is 7.18. The number of aliphatic hydroxyl groups is 1. The van der Waals surface area contributed by atoms with E-state index in [1.54, 1.807) is 23.3 Å². The number of aromatic nitrogens is 3. The van der Waals surface area contributed by atoms with Crippen molar-refractivity contribution in [3.05, 3.63) is 46.5 Å². The Hall–Kier alpha value is -1.20. The number of hydrogen-bond donors (Lipinski definition) is 1. The van der Waals surface area contributed by atoms with E-state index in [-0.39, 0.29) is 0 Å². The van der Waals surface area contributed by atoms with Gasteiger partial charge in [0.05, 0.1) is 11.9 Å². The second kappa shape index (κ2) is 4.12. The molecule has 1 unspecified atom stereocenters. The van der Waals surface area contributed by atoms with Gasteiger partial charge in [-0.25, -0.2) is 0 Å². The minimum absolute atomic E-state index is 0.602. The number of aliphatic hydroxyl groups excluding tert-OH is 1. The van der Waals surface area contributed by atoms with Crippen LogP contribution in [0.1, 0.15) is 17.4 Å². The van der Waals surface area contributed by atoms with Gasteiger partial charge in [0, 0.05) is 29.5 Å². The molecule has 0 fully saturated rings. The largest absolute Gasteiger partial charge is 0.382 e. The molecule has 0 spiro atoms. The molecule has 5 heteroatoms. The topological polar surface area (TPSA) is 50.9 Å². The molecule has 0 saturated heterocycles. The zero-order valence-corrected chi connectivity index (χ0v) is 9.72. The fourth-order valence-electron chi connectivity index (χ4n) is 1.34. The van der Waals surface area contributed by atoms with Crippen molar-refractivity contribution in [3.63, 3.8) is 0 Å². The lowest BCUT2D eigenvalue weighted by Crippen LogP contribution is -2.02. The Balaban J connectivity index is 2.36. The van der Waals surface area contributed by atoms with Gasteiger partial charge >= 0.3 is 0 Å². The lowest BCUT2D eigenvalue weighted by atomic mass is 10.1. The Morgan fingerprint density at radius 1 is 1.53 bits per heavy atom. The molecule has 0 aromatic carbocycles. The van der Waals surface area contributed by atoms with E-state index in [9.17, 15) is 5.11 Å². The van der Waals surface area contributed by atoms with Crippen LogP contribution in [0.5, 0.6) is 0 Å². The lowest BCUT2D eigenvalue weighted by Gasteiger charge is -2.08. The molecule has 0 aliphatic rings. The SMILES string of the molecule is Cn1cc(C(O)c2ncccc2Br)cn1. The van der Waals surface area contributed by atoms with Crippen LogP contribution in [0.2, 0.25) is 0 Å². The smallest absolute Gasteiger partial charge is 0.125 e. The van der Waals surface area contributed by atoms with Gasteiger partial charge in [-0.05, 0) is 28.1 Å². The Kier molecular flexibility index (Phi) is 2.83. The number of pyridine rings is 1. The summed E-state index contributed by atoms with van der Waals surface area (Å²) in [6.45, 7) is 0. The average Bonchev–Trinajstić information content (AvgIpc) is 2.65. The van der Waals surface area contributed by atoms with E-state index in [0.29, 0.717) is 5.69 Å². The molecule has 2 aromatic rings. The van der Waals surface area contributed by atoms with E-state index in [2.05, 4.69) is 26.0 Å². The van der Waals surface area contributed by atoms with Crippen LogP contribution >= 0.6 is 15.9 Å². The summed E-state index contributed by atoms with van der Waals surface area (Å²) in [5.41, 5.74) is 1.34. The third kappa shape index (κ3) is 2.08. The maximum atomic E-state index is 10.0. The second-order valence-electron chi connectivity index (χ2n) is 3.22. The predicted molar refractivity (Wildman–Crippen MR) is 59.2 cm³/mol. The molecule has 0 aliphatic heterocycles. The minimum Gasteiger partial charge on any atom is -0.382 e. The van der Waals surface area contributed by atoms with Crippen LogP contribution in [-0.4, -0.2) is 19.9 Å². The highest BCUT2D eigenvalue weighted by Gasteiger charge is 2.15. The van der Waals surface area contributed by atoms with Crippen LogP contribution in [0.3, 0.4) is 0 Å². The van der Waals surface area contributed by atoms with Crippen molar-refractivity contribution in [1.29, 1.82) is 0 Å². The summed E-state index contributed by atoms with van der Waals surface area (Å²) in [5.74, 6) is 0. The van der Waals surface area contributed by atoms with Crippen LogP contribution in [-0.2, 0) is 7.05 Å². The fraction of sp³-hybridized carbons (Fsp3) is 0.200. The molecular weight excluding hydrogens is 258 g/mol. The van der Waals surface area contributed by atoms with E-state index >= 15 is 0 Å². The van der Waals surface area contributed by atoms with Crippen molar-refractivity contribution >= 4 is 15.9 Å². The van der Waals surface area contributed by atoms with Gasteiger partial charge in [0.1, 0.15) is 6.10 Å². The minimum atomic E-state index is -0.741. The number of hydrogen-bond acceptors (Lipinski definition) is 3. The summed E-state index contributed by atoms with van der Waals surface area (Å²) >= 11 is 3.35. The molecule has 2 rings (SSSR count). The van der Waals surface area contributed by atoms with E-state index < -0.39 is 6.10 Å². The zero-order valence-electron chi connectivity index (χ0n) is 8.13. The summed E-state index contributed by atoms with van der Waals surface area (Å²) in [7, 11) is 1.81. The van der Waals surface area contributed by atoms with Gasteiger partial charge in [-0.1, -0.05) is 0 Å². The summed E-state index contributed by atoms with van der Waals surface area (Å²) < 4.78 is 2.44. The fourth-order valence-corrected chi connectivity index (χ4v) is 1.81. The second-order valence-corrected chi connectivity index (χ2v) is 4.07. The number of halogens is 1. The highest BCUT2D eigenvalue weighted by molar-refractivity contribution is 9.10. The third-order valence-corrected chi connectivity index (χ3v) is 2.76. The first kappa shape index (κ1) is 10.3. The van der Waals surface area contributed by atoms with E-state index in [1.165, 1.54) is 0 Å². The summed E-state index contributed by atoms with van der Waals surface area (Å²) in [4.78, 5) is 4.13. The van der Waals surface area contributed by atoms with Crippen molar-refractivity contribution in [2.75, 3.05) is 0 Å². The molecule has 78 valence electrons. The average molecular weight is 268 g/mol. The monoisotopic (exact) mass is 267 g/mol. The van der Waals surface area contributed by atoms with Crippen molar-refractivity contribution in [2.24, 2.45) is 7.05 Å². The maximum Gasteiger partial charge on any atom is 0.125 e. The van der Waals surface area contributed by atoms with Crippen molar-refractivity contribution in [2.45, 2.75) is 6.10 Å². The Morgan fingerprint density at radius 3 is 2.93 bits per heavy atom. The van der Waals surface area contributed by atoms with Crippen LogP contribution < -0.4 is 0 Å². The van der Waals surface area contributed by atoms with E-state index in [1.807, 2.05) is 19.2 Å². The van der Waals surface area contributed by atoms with Gasteiger partial charge in [0.15, 0.2) is 0 Å². The van der Waals surface area contributed by atoms with E-state index in [4.69, 9.17) is 0 Å². The first-order valence-corrected chi connectivity index (χ1v) is 5.25. The lowest BCUT2D eigenvalue weighted by molar-refractivity contribution is 0.214. The number of rotatable bonds is 2. The van der Waals surface area contributed by atoms with Crippen LogP contribution in [0.25, 0.3) is 0 Å².